The molecule has 0 saturated heterocycles. The lowest BCUT2D eigenvalue weighted by molar-refractivity contribution is -0.143. The van der Waals surface area contributed by atoms with Gasteiger partial charge >= 0.3 is 6.18 Å². The van der Waals surface area contributed by atoms with Crippen molar-refractivity contribution in [3.05, 3.63) is 21.0 Å². The van der Waals surface area contributed by atoms with Gasteiger partial charge in [-0.05, 0) is 29.3 Å². The number of nitrogens with one attached hydrogen (secondary N) is 1. The zero-order valence-corrected chi connectivity index (χ0v) is 13.3. The molecule has 1 aromatic heterocycles. The molecule has 1 atom stereocenters. The summed E-state index contributed by atoms with van der Waals surface area (Å²) < 4.78 is 37.1. The van der Waals surface area contributed by atoms with Gasteiger partial charge in [-0.3, -0.25) is 4.79 Å². The van der Waals surface area contributed by atoms with Crippen LogP contribution in [0.4, 0.5) is 18.9 Å². The van der Waals surface area contributed by atoms with Crippen molar-refractivity contribution >= 4 is 21.6 Å². The maximum Gasteiger partial charge on any atom is 0.408 e. The standard InChI is InChI=1S/C12H17BrF3N3O2/c1-3-4-11(2,21)6-17-8-5-18-19(7-12(14,15)16)10(20)9(8)13/h5,17,21H,3-4,6-7H2,1-2H3. The molecule has 0 aliphatic carbocycles. The number of aliphatic hydroxyl groups is 1. The van der Waals surface area contributed by atoms with E-state index in [1.54, 1.807) is 6.92 Å². The number of aromatic nitrogens is 2. The molecule has 9 heteroatoms. The Morgan fingerprint density at radius 2 is 2.10 bits per heavy atom. The summed E-state index contributed by atoms with van der Waals surface area (Å²) >= 11 is 2.96. The van der Waals surface area contributed by atoms with Crippen LogP contribution in [0.5, 0.6) is 0 Å². The van der Waals surface area contributed by atoms with Crippen LogP contribution >= 0.6 is 15.9 Å². The Morgan fingerprint density at radius 3 is 2.62 bits per heavy atom. The van der Waals surface area contributed by atoms with Gasteiger partial charge in [-0.15, -0.1) is 0 Å². The van der Waals surface area contributed by atoms with E-state index in [1.807, 2.05) is 6.92 Å². The predicted octanol–water partition coefficient (Wildman–Crippen LogP) is 2.53. The molecule has 2 N–H and O–H groups in total. The zero-order valence-electron chi connectivity index (χ0n) is 11.7. The third-order valence-corrected chi connectivity index (χ3v) is 3.53. The lowest BCUT2D eigenvalue weighted by atomic mass is 10.0. The van der Waals surface area contributed by atoms with Gasteiger partial charge in [-0.25, -0.2) is 4.68 Å². The van der Waals surface area contributed by atoms with Gasteiger partial charge in [0.2, 0.25) is 0 Å². The van der Waals surface area contributed by atoms with Crippen molar-refractivity contribution in [1.82, 2.24) is 9.78 Å². The molecular weight excluding hydrogens is 355 g/mol. The average Bonchev–Trinajstić information content (AvgIpc) is 2.32. The van der Waals surface area contributed by atoms with Gasteiger partial charge in [0.15, 0.2) is 0 Å². The molecule has 0 spiro atoms. The number of nitrogens with zero attached hydrogens (tertiary/aromatic N) is 2. The highest BCUT2D eigenvalue weighted by Crippen LogP contribution is 2.21. The second kappa shape index (κ2) is 6.78. The first kappa shape index (κ1) is 18.0. The Balaban J connectivity index is 2.88. The number of hydrogen-bond acceptors (Lipinski definition) is 4. The lowest BCUT2D eigenvalue weighted by Gasteiger charge is -2.23. The number of halogens is 4. The van der Waals surface area contributed by atoms with E-state index in [0.717, 1.165) is 12.6 Å². The van der Waals surface area contributed by atoms with Crippen LogP contribution in [0.3, 0.4) is 0 Å². The molecule has 0 aliphatic heterocycles. The minimum absolute atomic E-state index is 0.0472. The number of anilines is 1. The van der Waals surface area contributed by atoms with Crippen molar-refractivity contribution in [3.8, 4) is 0 Å². The largest absolute Gasteiger partial charge is 0.408 e. The van der Waals surface area contributed by atoms with Crippen LogP contribution in [0.1, 0.15) is 26.7 Å². The maximum atomic E-state index is 12.3. The van der Waals surface area contributed by atoms with E-state index in [2.05, 4.69) is 26.3 Å². The fourth-order valence-corrected chi connectivity index (χ4v) is 2.23. The van der Waals surface area contributed by atoms with E-state index < -0.39 is 23.9 Å². The van der Waals surface area contributed by atoms with Gasteiger partial charge in [-0.1, -0.05) is 13.3 Å². The second-order valence-corrected chi connectivity index (χ2v) is 5.84. The Kier molecular flexibility index (Phi) is 5.80. The molecule has 1 rings (SSSR count). The highest BCUT2D eigenvalue weighted by atomic mass is 79.9. The molecule has 1 unspecified atom stereocenters. The number of alkyl halides is 3. The van der Waals surface area contributed by atoms with Crippen molar-refractivity contribution < 1.29 is 18.3 Å². The number of rotatable bonds is 6. The van der Waals surface area contributed by atoms with Crippen LogP contribution in [0.25, 0.3) is 0 Å². The van der Waals surface area contributed by atoms with Crippen LogP contribution in [0.2, 0.25) is 0 Å². The summed E-state index contributed by atoms with van der Waals surface area (Å²) in [4.78, 5) is 11.8. The van der Waals surface area contributed by atoms with Crippen molar-refractivity contribution in [3.63, 3.8) is 0 Å². The lowest BCUT2D eigenvalue weighted by Crippen LogP contribution is -2.35. The summed E-state index contributed by atoms with van der Waals surface area (Å²) in [5.41, 5.74) is -1.61. The Hall–Kier alpha value is -1.09. The number of hydrogen-bond donors (Lipinski definition) is 2. The quantitative estimate of drug-likeness (QED) is 0.806. The van der Waals surface area contributed by atoms with Gasteiger partial charge in [0.25, 0.3) is 5.56 Å². The summed E-state index contributed by atoms with van der Waals surface area (Å²) in [6, 6.07) is 0. The Bertz CT molecular complexity index is 544. The SMILES string of the molecule is CCCC(C)(O)CNc1cnn(CC(F)(F)F)c(=O)c1Br. The molecule has 0 saturated carbocycles. The highest BCUT2D eigenvalue weighted by molar-refractivity contribution is 9.10. The van der Waals surface area contributed by atoms with Crippen LogP contribution in [-0.2, 0) is 6.54 Å². The molecule has 120 valence electrons. The van der Waals surface area contributed by atoms with Crippen LogP contribution < -0.4 is 10.9 Å². The maximum absolute atomic E-state index is 12.3. The highest BCUT2D eigenvalue weighted by Gasteiger charge is 2.29. The zero-order chi connectivity index (χ0) is 16.3. The molecular formula is C12H17BrF3N3O2. The normalized spacial score (nSPS) is 14.8. The molecule has 21 heavy (non-hydrogen) atoms. The first-order chi connectivity index (χ1) is 9.56. The average molecular weight is 372 g/mol. The van der Waals surface area contributed by atoms with Gasteiger partial charge in [-0.2, -0.15) is 18.3 Å². The fraction of sp³-hybridized carbons (Fsp3) is 0.667. The third-order valence-electron chi connectivity index (χ3n) is 2.76. The van der Waals surface area contributed by atoms with Crippen molar-refractivity contribution in [1.29, 1.82) is 0 Å². The summed E-state index contributed by atoms with van der Waals surface area (Å²) in [7, 11) is 0. The molecule has 5 nitrogen and oxygen atoms in total. The summed E-state index contributed by atoms with van der Waals surface area (Å²) in [5, 5.41) is 16.3. The monoisotopic (exact) mass is 371 g/mol. The van der Waals surface area contributed by atoms with E-state index in [4.69, 9.17) is 0 Å². The van der Waals surface area contributed by atoms with Gasteiger partial charge in [0.05, 0.1) is 17.5 Å². The van der Waals surface area contributed by atoms with Crippen molar-refractivity contribution in [2.75, 3.05) is 11.9 Å². The third kappa shape index (κ3) is 5.66. The molecule has 0 amide bonds. The molecule has 0 aliphatic rings. The molecule has 0 aromatic carbocycles. The van der Waals surface area contributed by atoms with Crippen molar-refractivity contribution in [2.24, 2.45) is 0 Å². The van der Waals surface area contributed by atoms with E-state index in [9.17, 15) is 23.1 Å². The second-order valence-electron chi connectivity index (χ2n) is 5.05. The van der Waals surface area contributed by atoms with Crippen molar-refractivity contribution in [2.45, 2.75) is 45.0 Å². The molecule has 0 fully saturated rings. The summed E-state index contributed by atoms with van der Waals surface area (Å²) in [6.45, 7) is 2.27. The molecule has 0 bridgehead atoms. The van der Waals surface area contributed by atoms with Gasteiger partial charge < -0.3 is 10.4 Å². The van der Waals surface area contributed by atoms with Crippen LogP contribution in [-0.4, -0.2) is 33.2 Å². The molecule has 1 aromatic rings. The van der Waals surface area contributed by atoms with E-state index >= 15 is 0 Å². The van der Waals surface area contributed by atoms with Gasteiger partial charge in [0.1, 0.15) is 11.0 Å². The Labute approximate surface area is 128 Å². The molecule has 0 radical (unpaired) electrons. The van der Waals surface area contributed by atoms with Crippen LogP contribution in [0.15, 0.2) is 15.5 Å². The predicted molar refractivity (Wildman–Crippen MR) is 76.3 cm³/mol. The topological polar surface area (TPSA) is 67.2 Å². The fourth-order valence-electron chi connectivity index (χ4n) is 1.78. The first-order valence-corrected chi connectivity index (χ1v) is 7.13. The first-order valence-electron chi connectivity index (χ1n) is 6.34. The van der Waals surface area contributed by atoms with E-state index in [0.29, 0.717) is 11.1 Å². The van der Waals surface area contributed by atoms with Gasteiger partial charge in [0, 0.05) is 6.54 Å². The minimum Gasteiger partial charge on any atom is -0.388 e. The summed E-state index contributed by atoms with van der Waals surface area (Å²) in [5.74, 6) is 0. The Morgan fingerprint density at radius 1 is 1.48 bits per heavy atom. The van der Waals surface area contributed by atoms with E-state index in [1.165, 1.54) is 0 Å². The molecule has 1 heterocycles. The van der Waals surface area contributed by atoms with E-state index in [-0.39, 0.29) is 16.7 Å². The minimum atomic E-state index is -4.52. The smallest absolute Gasteiger partial charge is 0.388 e. The summed E-state index contributed by atoms with van der Waals surface area (Å²) in [6.07, 6.45) is -2.06. The van der Waals surface area contributed by atoms with Crippen LogP contribution in [0, 0.1) is 0 Å².